The summed E-state index contributed by atoms with van der Waals surface area (Å²) in [5.41, 5.74) is -0.685. The lowest BCUT2D eigenvalue weighted by molar-refractivity contribution is 0.0523. The highest BCUT2D eigenvalue weighted by Gasteiger charge is 2.30. The van der Waals surface area contributed by atoms with Crippen molar-refractivity contribution in [3.05, 3.63) is 16.0 Å². The lowest BCUT2D eigenvalue weighted by atomic mass is 10.1. The normalized spacial score (nSPS) is 12.5. The van der Waals surface area contributed by atoms with E-state index in [4.69, 9.17) is 16.3 Å². The van der Waals surface area contributed by atoms with Gasteiger partial charge in [-0.3, -0.25) is 0 Å². The molecule has 1 aromatic rings. The van der Waals surface area contributed by atoms with Crippen molar-refractivity contribution in [3.8, 4) is 0 Å². The Morgan fingerprint density at radius 1 is 1.47 bits per heavy atom. The van der Waals surface area contributed by atoms with E-state index < -0.39 is 21.5 Å². The number of halogens is 1. The third kappa shape index (κ3) is 4.45. The van der Waals surface area contributed by atoms with Crippen molar-refractivity contribution in [1.82, 2.24) is 4.72 Å². The zero-order valence-electron chi connectivity index (χ0n) is 11.1. The van der Waals surface area contributed by atoms with Crippen LogP contribution in [0.2, 0.25) is 4.34 Å². The van der Waals surface area contributed by atoms with Gasteiger partial charge in [0.25, 0.3) is 10.0 Å². The molecule has 0 aliphatic rings. The Morgan fingerprint density at radius 2 is 2.05 bits per heavy atom. The number of sulfonamides is 1. The molecule has 0 fully saturated rings. The Morgan fingerprint density at radius 3 is 2.53 bits per heavy atom. The van der Waals surface area contributed by atoms with Gasteiger partial charge in [0.1, 0.15) is 0 Å². The number of hydrogen-bond acceptors (Lipinski definition) is 5. The summed E-state index contributed by atoms with van der Waals surface area (Å²) in [4.78, 5) is 11.7. The van der Waals surface area contributed by atoms with E-state index in [1.165, 1.54) is 6.07 Å². The van der Waals surface area contributed by atoms with Gasteiger partial charge in [0.05, 0.1) is 16.5 Å². The predicted octanol–water partition coefficient (Wildman–Crippen LogP) is 2.66. The maximum atomic E-state index is 12.2. The van der Waals surface area contributed by atoms with Gasteiger partial charge in [-0.15, -0.1) is 11.3 Å². The number of carbonyl (C=O) groups is 1. The summed E-state index contributed by atoms with van der Waals surface area (Å²) in [6.45, 7) is 6.95. The highest BCUT2D eigenvalue weighted by Crippen LogP contribution is 2.31. The van der Waals surface area contributed by atoms with Crippen molar-refractivity contribution in [2.75, 3.05) is 6.61 Å². The average Bonchev–Trinajstić information content (AvgIpc) is 2.58. The van der Waals surface area contributed by atoms with Gasteiger partial charge in [-0.25, -0.2) is 17.9 Å². The molecule has 0 saturated carbocycles. The number of rotatable bonds is 4. The van der Waals surface area contributed by atoms with E-state index in [0.29, 0.717) is 0 Å². The van der Waals surface area contributed by atoms with Crippen molar-refractivity contribution in [2.45, 2.75) is 37.4 Å². The second-order valence-electron chi connectivity index (χ2n) is 4.83. The smallest absolute Gasteiger partial charge is 0.340 e. The number of esters is 1. The summed E-state index contributed by atoms with van der Waals surface area (Å²) in [6.07, 6.45) is 0. The molecule has 0 spiro atoms. The Hall–Kier alpha value is -0.630. The van der Waals surface area contributed by atoms with E-state index in [1.54, 1.807) is 27.7 Å². The zero-order chi connectivity index (χ0) is 14.8. The topological polar surface area (TPSA) is 72.5 Å². The fraction of sp³-hybridized carbons (Fsp3) is 0.545. The summed E-state index contributed by atoms with van der Waals surface area (Å²) in [6, 6.07) is 1.31. The van der Waals surface area contributed by atoms with Crippen LogP contribution < -0.4 is 4.72 Å². The molecule has 1 heterocycles. The van der Waals surface area contributed by atoms with Crippen molar-refractivity contribution >= 4 is 38.9 Å². The predicted molar refractivity (Wildman–Crippen MR) is 75.4 cm³/mol. The van der Waals surface area contributed by atoms with Crippen LogP contribution in [0.5, 0.6) is 0 Å². The molecule has 1 N–H and O–H groups in total. The molecule has 0 unspecified atom stereocenters. The molecule has 5 nitrogen and oxygen atoms in total. The quantitative estimate of drug-likeness (QED) is 0.864. The third-order valence-electron chi connectivity index (χ3n) is 1.85. The monoisotopic (exact) mass is 325 g/mol. The first-order chi connectivity index (χ1) is 8.57. The summed E-state index contributed by atoms with van der Waals surface area (Å²) in [5, 5.41) is 0. The number of nitrogens with one attached hydrogen (secondary N) is 1. The Bertz CT molecular complexity index is 572. The van der Waals surface area contributed by atoms with Crippen LogP contribution in [0.15, 0.2) is 10.3 Å². The van der Waals surface area contributed by atoms with Gasteiger partial charge in [-0.05, 0) is 33.8 Å². The molecule has 0 aromatic carbocycles. The molecule has 108 valence electrons. The standard InChI is InChI=1S/C11H16ClNO4S2/c1-5-17-9(14)7-6-8(12)18-10(7)19(15,16)13-11(2,3)4/h6,13H,5H2,1-4H3. The van der Waals surface area contributed by atoms with Crippen LogP contribution in [0, 0.1) is 0 Å². The van der Waals surface area contributed by atoms with Crippen LogP contribution >= 0.6 is 22.9 Å². The van der Waals surface area contributed by atoms with Gasteiger partial charge >= 0.3 is 5.97 Å². The Kier molecular flexibility index (Phi) is 5.00. The van der Waals surface area contributed by atoms with E-state index in [1.807, 2.05) is 0 Å². The van der Waals surface area contributed by atoms with Crippen LogP contribution in [0.3, 0.4) is 0 Å². The maximum absolute atomic E-state index is 12.2. The number of thiophene rings is 1. The van der Waals surface area contributed by atoms with E-state index in [9.17, 15) is 13.2 Å². The Balaban J connectivity index is 3.24. The Labute approximate surface area is 122 Å². The van der Waals surface area contributed by atoms with Gasteiger partial charge < -0.3 is 4.74 Å². The molecule has 0 bridgehead atoms. The van der Waals surface area contributed by atoms with E-state index in [-0.39, 0.29) is 20.7 Å². The average molecular weight is 326 g/mol. The number of carbonyl (C=O) groups excluding carboxylic acids is 1. The highest BCUT2D eigenvalue weighted by molar-refractivity contribution is 7.91. The molecule has 0 atom stereocenters. The lowest BCUT2D eigenvalue weighted by Crippen LogP contribution is -2.40. The minimum atomic E-state index is -3.81. The molecular weight excluding hydrogens is 310 g/mol. The van der Waals surface area contributed by atoms with Crippen molar-refractivity contribution in [2.24, 2.45) is 0 Å². The van der Waals surface area contributed by atoms with E-state index in [0.717, 1.165) is 11.3 Å². The molecule has 0 saturated heterocycles. The minimum absolute atomic E-state index is 0.0337. The van der Waals surface area contributed by atoms with Crippen LogP contribution in [0.25, 0.3) is 0 Å². The summed E-state index contributed by atoms with van der Waals surface area (Å²) >= 11 is 6.64. The van der Waals surface area contributed by atoms with Crippen molar-refractivity contribution in [3.63, 3.8) is 0 Å². The molecule has 0 aliphatic carbocycles. The van der Waals surface area contributed by atoms with Crippen LogP contribution in [-0.2, 0) is 14.8 Å². The second-order valence-corrected chi connectivity index (χ2v) is 8.39. The minimum Gasteiger partial charge on any atom is -0.462 e. The molecule has 0 amide bonds. The lowest BCUT2D eigenvalue weighted by Gasteiger charge is -2.20. The summed E-state index contributed by atoms with van der Waals surface area (Å²) < 4.78 is 31.9. The first kappa shape index (κ1) is 16.4. The highest BCUT2D eigenvalue weighted by atomic mass is 35.5. The molecular formula is C11H16ClNO4S2. The molecule has 1 rings (SSSR count). The van der Waals surface area contributed by atoms with Gasteiger partial charge in [-0.1, -0.05) is 11.6 Å². The van der Waals surface area contributed by atoms with Gasteiger partial charge in [0, 0.05) is 5.54 Å². The van der Waals surface area contributed by atoms with Gasteiger partial charge in [0.15, 0.2) is 4.21 Å². The van der Waals surface area contributed by atoms with E-state index >= 15 is 0 Å². The fourth-order valence-electron chi connectivity index (χ4n) is 1.35. The number of hydrogen-bond donors (Lipinski definition) is 1. The summed E-state index contributed by atoms with van der Waals surface area (Å²) in [5.74, 6) is -0.695. The second kappa shape index (κ2) is 5.78. The maximum Gasteiger partial charge on any atom is 0.340 e. The van der Waals surface area contributed by atoms with Crippen molar-refractivity contribution in [1.29, 1.82) is 0 Å². The number of ether oxygens (including phenoxy) is 1. The molecule has 19 heavy (non-hydrogen) atoms. The SMILES string of the molecule is CCOC(=O)c1cc(Cl)sc1S(=O)(=O)NC(C)(C)C. The largest absolute Gasteiger partial charge is 0.462 e. The van der Waals surface area contributed by atoms with E-state index in [2.05, 4.69) is 4.72 Å². The molecule has 0 radical (unpaired) electrons. The fourth-order valence-corrected chi connectivity index (χ4v) is 4.59. The molecule has 1 aromatic heterocycles. The van der Waals surface area contributed by atoms with Crippen LogP contribution in [-0.4, -0.2) is 26.5 Å². The third-order valence-corrected chi connectivity index (χ3v) is 5.40. The first-order valence-corrected chi connectivity index (χ1v) is 8.25. The zero-order valence-corrected chi connectivity index (χ0v) is 13.5. The van der Waals surface area contributed by atoms with Crippen LogP contribution in [0.1, 0.15) is 38.1 Å². The molecule has 8 heteroatoms. The summed E-state index contributed by atoms with van der Waals surface area (Å²) in [7, 11) is -3.81. The van der Waals surface area contributed by atoms with Crippen LogP contribution in [0.4, 0.5) is 0 Å². The first-order valence-electron chi connectivity index (χ1n) is 5.57. The van der Waals surface area contributed by atoms with Gasteiger partial charge in [0.2, 0.25) is 0 Å². The van der Waals surface area contributed by atoms with Crippen molar-refractivity contribution < 1.29 is 17.9 Å². The van der Waals surface area contributed by atoms with Gasteiger partial charge in [-0.2, -0.15) is 0 Å². The molecule has 0 aliphatic heterocycles.